The molecule has 1 saturated heterocycles. The summed E-state index contributed by atoms with van der Waals surface area (Å²) in [6.07, 6.45) is 2.88. The van der Waals surface area contributed by atoms with E-state index in [1.807, 2.05) is 23.1 Å². The van der Waals surface area contributed by atoms with Gasteiger partial charge in [-0.15, -0.1) is 11.3 Å². The third kappa shape index (κ3) is 2.90. The molecule has 1 aliphatic heterocycles. The lowest BCUT2D eigenvalue weighted by Gasteiger charge is -2.19. The predicted octanol–water partition coefficient (Wildman–Crippen LogP) is 2.93. The van der Waals surface area contributed by atoms with Crippen molar-refractivity contribution in [3.05, 3.63) is 15.6 Å². The second kappa shape index (κ2) is 5.90. The Morgan fingerprint density at radius 1 is 1.44 bits per heavy atom. The molecule has 0 aromatic carbocycles. The summed E-state index contributed by atoms with van der Waals surface area (Å²) >= 11 is 3.84. The van der Waals surface area contributed by atoms with Gasteiger partial charge in [-0.3, -0.25) is 0 Å². The van der Waals surface area contributed by atoms with E-state index in [4.69, 9.17) is 9.72 Å². The molecule has 3 rings (SSSR count). The van der Waals surface area contributed by atoms with E-state index in [1.54, 1.807) is 0 Å². The lowest BCUT2D eigenvalue weighted by molar-refractivity contribution is 0.0754. The molecule has 1 saturated carbocycles. The van der Waals surface area contributed by atoms with Gasteiger partial charge in [-0.05, 0) is 19.4 Å². The number of thioether (sulfide) groups is 1. The Bertz CT molecular complexity index is 398. The number of thiazole rings is 1. The van der Waals surface area contributed by atoms with Crippen LogP contribution >= 0.6 is 23.1 Å². The Hall–Kier alpha value is -0.100. The van der Waals surface area contributed by atoms with E-state index in [2.05, 4.69) is 12.2 Å². The van der Waals surface area contributed by atoms with Crippen molar-refractivity contribution in [3.63, 3.8) is 0 Å². The van der Waals surface area contributed by atoms with Crippen LogP contribution in [0.2, 0.25) is 0 Å². The van der Waals surface area contributed by atoms with Crippen molar-refractivity contribution in [2.24, 2.45) is 0 Å². The predicted molar refractivity (Wildman–Crippen MR) is 77.5 cm³/mol. The standard InChI is InChI=1S/C13H20N2OS2/c1-2-14-7-11-12(9-3-4-9)15-13(18-11)10-8-17-6-5-16-10/h9-10,14H,2-8H2,1H3. The zero-order chi connectivity index (χ0) is 12.4. The van der Waals surface area contributed by atoms with Crippen molar-refractivity contribution < 1.29 is 4.74 Å². The van der Waals surface area contributed by atoms with Crippen molar-refractivity contribution >= 4 is 23.1 Å². The molecule has 0 amide bonds. The van der Waals surface area contributed by atoms with Gasteiger partial charge in [0.15, 0.2) is 0 Å². The molecule has 100 valence electrons. The second-order valence-corrected chi connectivity index (χ2v) is 7.11. The Morgan fingerprint density at radius 2 is 2.33 bits per heavy atom. The normalized spacial score (nSPS) is 24.4. The number of nitrogens with one attached hydrogen (secondary N) is 1. The molecule has 1 aromatic heterocycles. The summed E-state index contributed by atoms with van der Waals surface area (Å²) in [5, 5.41) is 4.63. The zero-order valence-electron chi connectivity index (χ0n) is 10.8. The topological polar surface area (TPSA) is 34.1 Å². The van der Waals surface area contributed by atoms with Gasteiger partial charge in [0.25, 0.3) is 0 Å². The van der Waals surface area contributed by atoms with E-state index in [1.165, 1.54) is 28.4 Å². The third-order valence-electron chi connectivity index (χ3n) is 3.34. The molecule has 1 aromatic rings. The molecule has 2 aliphatic rings. The smallest absolute Gasteiger partial charge is 0.123 e. The quantitative estimate of drug-likeness (QED) is 0.901. The maximum atomic E-state index is 5.84. The van der Waals surface area contributed by atoms with Crippen LogP contribution in [0.5, 0.6) is 0 Å². The molecular weight excluding hydrogens is 264 g/mol. The molecule has 0 radical (unpaired) electrons. The first kappa shape index (κ1) is 12.9. The molecular formula is C13H20N2OS2. The number of hydrogen-bond acceptors (Lipinski definition) is 5. The number of nitrogens with zero attached hydrogens (tertiary/aromatic N) is 1. The first-order valence-corrected chi connectivity index (χ1v) is 8.75. The highest BCUT2D eigenvalue weighted by molar-refractivity contribution is 7.99. The van der Waals surface area contributed by atoms with Crippen molar-refractivity contribution in [1.82, 2.24) is 10.3 Å². The summed E-state index contributed by atoms with van der Waals surface area (Å²) in [4.78, 5) is 6.33. The summed E-state index contributed by atoms with van der Waals surface area (Å²) in [5.41, 5.74) is 1.36. The molecule has 1 N–H and O–H groups in total. The minimum absolute atomic E-state index is 0.238. The summed E-state index contributed by atoms with van der Waals surface area (Å²) in [5.74, 6) is 2.93. The van der Waals surface area contributed by atoms with E-state index < -0.39 is 0 Å². The molecule has 18 heavy (non-hydrogen) atoms. The lowest BCUT2D eigenvalue weighted by Crippen LogP contribution is -2.15. The van der Waals surface area contributed by atoms with Crippen LogP contribution in [0.3, 0.4) is 0 Å². The first-order chi connectivity index (χ1) is 8.88. The second-order valence-electron chi connectivity index (χ2n) is 4.85. The maximum Gasteiger partial charge on any atom is 0.123 e. The van der Waals surface area contributed by atoms with E-state index in [0.29, 0.717) is 0 Å². The van der Waals surface area contributed by atoms with Crippen LogP contribution in [-0.2, 0) is 11.3 Å². The van der Waals surface area contributed by atoms with Gasteiger partial charge in [0.05, 0.1) is 12.3 Å². The molecule has 2 fully saturated rings. The summed E-state index contributed by atoms with van der Waals surface area (Å²) in [6, 6.07) is 0. The van der Waals surface area contributed by atoms with Crippen molar-refractivity contribution in [3.8, 4) is 0 Å². The average molecular weight is 284 g/mol. The van der Waals surface area contributed by atoms with Gasteiger partial charge < -0.3 is 10.1 Å². The lowest BCUT2D eigenvalue weighted by atomic mass is 10.2. The van der Waals surface area contributed by atoms with Gasteiger partial charge in [-0.25, -0.2) is 4.98 Å². The van der Waals surface area contributed by atoms with Gasteiger partial charge in [0.2, 0.25) is 0 Å². The van der Waals surface area contributed by atoms with Crippen LogP contribution in [0.25, 0.3) is 0 Å². The van der Waals surface area contributed by atoms with Gasteiger partial charge in [-0.1, -0.05) is 6.92 Å². The summed E-state index contributed by atoms with van der Waals surface area (Å²) < 4.78 is 5.84. The number of hydrogen-bond donors (Lipinski definition) is 1. The van der Waals surface area contributed by atoms with Crippen molar-refractivity contribution in [2.45, 2.75) is 38.3 Å². The number of aromatic nitrogens is 1. The van der Waals surface area contributed by atoms with Crippen LogP contribution in [0.1, 0.15) is 47.4 Å². The SMILES string of the molecule is CCNCc1sc(C2CSCCO2)nc1C1CC1. The van der Waals surface area contributed by atoms with Crippen LogP contribution in [0.4, 0.5) is 0 Å². The van der Waals surface area contributed by atoms with Crippen LogP contribution in [0, 0.1) is 0 Å². The maximum absolute atomic E-state index is 5.84. The number of rotatable bonds is 5. The molecule has 0 spiro atoms. The fourth-order valence-electron chi connectivity index (χ4n) is 2.19. The Balaban J connectivity index is 1.77. The molecule has 3 nitrogen and oxygen atoms in total. The van der Waals surface area contributed by atoms with Crippen molar-refractivity contribution in [1.29, 1.82) is 0 Å². The van der Waals surface area contributed by atoms with Crippen molar-refractivity contribution in [2.75, 3.05) is 24.7 Å². The minimum Gasteiger partial charge on any atom is -0.369 e. The molecule has 5 heteroatoms. The van der Waals surface area contributed by atoms with E-state index in [-0.39, 0.29) is 6.10 Å². The van der Waals surface area contributed by atoms with E-state index in [9.17, 15) is 0 Å². The van der Waals surface area contributed by atoms with Gasteiger partial charge in [-0.2, -0.15) is 11.8 Å². The van der Waals surface area contributed by atoms with E-state index >= 15 is 0 Å². The summed E-state index contributed by atoms with van der Waals surface area (Å²) in [7, 11) is 0. The molecule has 1 unspecified atom stereocenters. The Morgan fingerprint density at radius 3 is 3.00 bits per heavy atom. The minimum atomic E-state index is 0.238. The van der Waals surface area contributed by atoms with Gasteiger partial charge in [0.1, 0.15) is 11.1 Å². The monoisotopic (exact) mass is 284 g/mol. The van der Waals surface area contributed by atoms with Gasteiger partial charge in [0, 0.05) is 28.8 Å². The third-order valence-corrected chi connectivity index (χ3v) is 5.49. The summed E-state index contributed by atoms with van der Waals surface area (Å²) in [6.45, 7) is 5.02. The van der Waals surface area contributed by atoms with E-state index in [0.717, 1.165) is 37.1 Å². The fraction of sp³-hybridized carbons (Fsp3) is 0.769. The highest BCUT2D eigenvalue weighted by Crippen LogP contribution is 2.44. The van der Waals surface area contributed by atoms with Crippen LogP contribution < -0.4 is 5.32 Å². The first-order valence-electron chi connectivity index (χ1n) is 6.78. The zero-order valence-corrected chi connectivity index (χ0v) is 12.4. The Labute approximate surface area is 117 Å². The van der Waals surface area contributed by atoms with Gasteiger partial charge >= 0.3 is 0 Å². The average Bonchev–Trinajstić information content (AvgIpc) is 3.18. The van der Waals surface area contributed by atoms with Crippen LogP contribution in [0.15, 0.2) is 0 Å². The van der Waals surface area contributed by atoms with Crippen LogP contribution in [-0.4, -0.2) is 29.6 Å². The molecule has 0 bridgehead atoms. The molecule has 1 aliphatic carbocycles. The largest absolute Gasteiger partial charge is 0.369 e. The fourth-order valence-corrected chi connectivity index (χ4v) is 4.32. The highest BCUT2D eigenvalue weighted by atomic mass is 32.2. The molecule has 2 heterocycles. The highest BCUT2D eigenvalue weighted by Gasteiger charge is 2.31. The number of ether oxygens (including phenoxy) is 1. The molecule has 1 atom stereocenters. The Kier molecular flexibility index (Phi) is 4.23.